The molecular weight excluding hydrogens is 382 g/mol. The van der Waals surface area contributed by atoms with Gasteiger partial charge < -0.3 is 14.8 Å². The van der Waals surface area contributed by atoms with Crippen molar-refractivity contribution >= 4 is 45.8 Å². The second-order valence-corrected chi connectivity index (χ2v) is 6.80. The predicted octanol–water partition coefficient (Wildman–Crippen LogP) is 4.19. The van der Waals surface area contributed by atoms with Crippen molar-refractivity contribution in [2.24, 2.45) is 0 Å². The molecule has 2 aromatic heterocycles. The van der Waals surface area contributed by atoms with Gasteiger partial charge in [-0.1, -0.05) is 12.1 Å². The lowest BCUT2D eigenvalue weighted by molar-refractivity contribution is 0.102. The van der Waals surface area contributed by atoms with E-state index >= 15 is 0 Å². The summed E-state index contributed by atoms with van der Waals surface area (Å²) in [7, 11) is 0. The van der Waals surface area contributed by atoms with Gasteiger partial charge in [-0.15, -0.1) is 11.3 Å². The molecule has 0 fully saturated rings. The first-order valence-corrected chi connectivity index (χ1v) is 9.00. The average molecular weight is 395 g/mol. The first-order valence-electron chi connectivity index (χ1n) is 8.12. The van der Waals surface area contributed by atoms with Gasteiger partial charge in [-0.25, -0.2) is 9.59 Å². The number of hydrogen-bond acceptors (Lipinski definition) is 5. The molecule has 28 heavy (non-hydrogen) atoms. The number of aromatic nitrogens is 1. The molecule has 4 N–H and O–H groups in total. The highest BCUT2D eigenvalue weighted by atomic mass is 32.1. The maximum absolute atomic E-state index is 12.7. The van der Waals surface area contributed by atoms with Gasteiger partial charge in [-0.2, -0.15) is 0 Å². The number of H-pyrrole nitrogens is 1. The van der Waals surface area contributed by atoms with E-state index in [2.05, 4.69) is 15.6 Å². The Kier molecular flexibility index (Phi) is 4.42. The summed E-state index contributed by atoms with van der Waals surface area (Å²) in [6.07, 6.45) is -1.24. The van der Waals surface area contributed by atoms with Crippen molar-refractivity contribution in [1.29, 1.82) is 0 Å². The number of amides is 2. The van der Waals surface area contributed by atoms with Gasteiger partial charge in [0.05, 0.1) is 16.9 Å². The zero-order chi connectivity index (χ0) is 19.7. The van der Waals surface area contributed by atoms with Crippen molar-refractivity contribution in [3.05, 3.63) is 70.0 Å². The lowest BCUT2D eigenvalue weighted by Gasteiger charge is -2.12. The first-order chi connectivity index (χ1) is 13.5. The van der Waals surface area contributed by atoms with E-state index in [1.165, 1.54) is 23.5 Å². The number of anilines is 2. The highest BCUT2D eigenvalue weighted by molar-refractivity contribution is 7.13. The van der Waals surface area contributed by atoms with Gasteiger partial charge in [0.15, 0.2) is 5.58 Å². The number of benzene rings is 2. The molecule has 0 saturated carbocycles. The van der Waals surface area contributed by atoms with Crippen molar-refractivity contribution < 1.29 is 19.1 Å². The molecule has 0 saturated heterocycles. The van der Waals surface area contributed by atoms with E-state index in [9.17, 15) is 14.4 Å². The largest absolute Gasteiger partial charge is 0.465 e. The molecule has 0 aliphatic heterocycles. The lowest BCUT2D eigenvalue weighted by atomic mass is 10.1. The maximum Gasteiger partial charge on any atom is 0.417 e. The molecule has 140 valence electrons. The van der Waals surface area contributed by atoms with Crippen LogP contribution in [0.15, 0.2) is 63.1 Å². The smallest absolute Gasteiger partial charge is 0.417 e. The van der Waals surface area contributed by atoms with Crippen molar-refractivity contribution in [3.63, 3.8) is 0 Å². The number of carboxylic acid groups (broad SMARTS) is 1. The molecule has 4 aromatic rings. The molecule has 0 bridgehead atoms. The second kappa shape index (κ2) is 7.05. The van der Waals surface area contributed by atoms with Gasteiger partial charge in [-0.3, -0.25) is 15.1 Å². The Bertz CT molecular complexity index is 1240. The molecule has 8 nitrogen and oxygen atoms in total. The van der Waals surface area contributed by atoms with E-state index in [0.717, 1.165) is 10.4 Å². The Labute approximate surface area is 161 Å². The van der Waals surface area contributed by atoms with Gasteiger partial charge in [0.25, 0.3) is 5.91 Å². The van der Waals surface area contributed by atoms with Crippen LogP contribution in [-0.4, -0.2) is 22.1 Å². The van der Waals surface area contributed by atoms with Gasteiger partial charge >= 0.3 is 11.8 Å². The Morgan fingerprint density at radius 2 is 1.89 bits per heavy atom. The van der Waals surface area contributed by atoms with Crippen LogP contribution in [-0.2, 0) is 0 Å². The van der Waals surface area contributed by atoms with Crippen molar-refractivity contribution in [1.82, 2.24) is 4.98 Å². The maximum atomic E-state index is 12.7. The summed E-state index contributed by atoms with van der Waals surface area (Å²) in [6.45, 7) is 0. The predicted molar refractivity (Wildman–Crippen MR) is 106 cm³/mol. The highest BCUT2D eigenvalue weighted by Crippen LogP contribution is 2.32. The molecule has 2 aromatic carbocycles. The zero-order valence-electron chi connectivity index (χ0n) is 14.2. The summed E-state index contributed by atoms with van der Waals surface area (Å²) in [4.78, 5) is 38.5. The average Bonchev–Trinajstić information content (AvgIpc) is 3.30. The standard InChI is InChI=1S/C19H13N3O5S/c23-17(11-4-6-13-15(9-11)27-19(26)22-13)20-14-8-10(16-2-1-7-28-16)3-5-12(14)21-18(24)25/h1-9,21H,(H,20,23)(H,22,26)(H,24,25). The monoisotopic (exact) mass is 395 g/mol. The zero-order valence-corrected chi connectivity index (χ0v) is 15.0. The lowest BCUT2D eigenvalue weighted by Crippen LogP contribution is -2.15. The van der Waals surface area contributed by atoms with E-state index in [1.807, 2.05) is 17.5 Å². The van der Waals surface area contributed by atoms with Crippen LogP contribution >= 0.6 is 11.3 Å². The van der Waals surface area contributed by atoms with E-state index in [4.69, 9.17) is 9.52 Å². The van der Waals surface area contributed by atoms with Crippen LogP contribution in [0.1, 0.15) is 10.4 Å². The van der Waals surface area contributed by atoms with Crippen LogP contribution in [0.4, 0.5) is 16.2 Å². The first kappa shape index (κ1) is 17.6. The van der Waals surface area contributed by atoms with Crippen LogP contribution < -0.4 is 16.4 Å². The molecule has 0 spiro atoms. The van der Waals surface area contributed by atoms with Crippen LogP contribution in [0.3, 0.4) is 0 Å². The summed E-state index contributed by atoms with van der Waals surface area (Å²) in [5, 5.41) is 16.0. The van der Waals surface area contributed by atoms with Crippen LogP contribution in [0.5, 0.6) is 0 Å². The van der Waals surface area contributed by atoms with Crippen molar-refractivity contribution in [2.45, 2.75) is 0 Å². The number of aromatic amines is 1. The third-order valence-electron chi connectivity index (χ3n) is 4.00. The van der Waals surface area contributed by atoms with E-state index in [0.29, 0.717) is 11.2 Å². The number of rotatable bonds is 4. The summed E-state index contributed by atoms with van der Waals surface area (Å²) in [6, 6.07) is 13.4. The molecule has 2 amide bonds. The quantitative estimate of drug-likeness (QED) is 0.412. The summed E-state index contributed by atoms with van der Waals surface area (Å²) >= 11 is 1.53. The fourth-order valence-electron chi connectivity index (χ4n) is 2.75. The number of oxazole rings is 1. The number of carbonyl (C=O) groups excluding carboxylic acids is 1. The minimum absolute atomic E-state index is 0.246. The Morgan fingerprint density at radius 1 is 1.04 bits per heavy atom. The third-order valence-corrected chi connectivity index (χ3v) is 4.92. The van der Waals surface area contributed by atoms with Crippen LogP contribution in [0.2, 0.25) is 0 Å². The number of fused-ring (bicyclic) bond motifs is 1. The van der Waals surface area contributed by atoms with Crippen molar-refractivity contribution in [2.75, 3.05) is 10.6 Å². The summed E-state index contributed by atoms with van der Waals surface area (Å²) in [5.74, 6) is -1.08. The highest BCUT2D eigenvalue weighted by Gasteiger charge is 2.14. The molecule has 4 rings (SSSR count). The topological polar surface area (TPSA) is 124 Å². The normalized spacial score (nSPS) is 10.7. The van der Waals surface area contributed by atoms with Crippen LogP contribution in [0.25, 0.3) is 21.5 Å². The molecule has 2 heterocycles. The molecule has 0 aliphatic carbocycles. The fraction of sp³-hybridized carbons (Fsp3) is 0. The number of nitrogens with one attached hydrogen (secondary N) is 3. The van der Waals surface area contributed by atoms with Gasteiger partial charge in [-0.05, 0) is 47.3 Å². The molecule has 0 unspecified atom stereocenters. The molecule has 0 aliphatic rings. The summed E-state index contributed by atoms with van der Waals surface area (Å²) < 4.78 is 4.97. The molecule has 9 heteroatoms. The second-order valence-electron chi connectivity index (χ2n) is 5.85. The number of carbonyl (C=O) groups is 2. The minimum atomic E-state index is -1.24. The number of thiophene rings is 1. The number of hydrogen-bond donors (Lipinski definition) is 4. The van der Waals surface area contributed by atoms with Crippen molar-refractivity contribution in [3.8, 4) is 10.4 Å². The fourth-order valence-corrected chi connectivity index (χ4v) is 3.47. The third kappa shape index (κ3) is 3.51. The van der Waals surface area contributed by atoms with Gasteiger partial charge in [0, 0.05) is 10.4 Å². The summed E-state index contributed by atoms with van der Waals surface area (Å²) in [5.41, 5.74) is 2.40. The minimum Gasteiger partial charge on any atom is -0.465 e. The molecular formula is C19H13N3O5S. The van der Waals surface area contributed by atoms with E-state index in [-0.39, 0.29) is 16.8 Å². The van der Waals surface area contributed by atoms with E-state index < -0.39 is 17.8 Å². The van der Waals surface area contributed by atoms with Crippen LogP contribution in [0, 0.1) is 0 Å². The van der Waals surface area contributed by atoms with Gasteiger partial charge in [0.1, 0.15) is 0 Å². The van der Waals surface area contributed by atoms with Gasteiger partial charge in [0.2, 0.25) is 0 Å². The van der Waals surface area contributed by atoms with E-state index in [1.54, 1.807) is 24.3 Å². The SMILES string of the molecule is O=C(O)Nc1ccc(-c2cccs2)cc1NC(=O)c1ccc2[nH]c(=O)oc2c1. The molecule has 0 atom stereocenters. The Hall–Kier alpha value is -3.85. The Balaban J connectivity index is 1.69. The Morgan fingerprint density at radius 3 is 2.64 bits per heavy atom. The molecule has 0 radical (unpaired) electrons.